The zero-order chi connectivity index (χ0) is 16.1. The van der Waals surface area contributed by atoms with Gasteiger partial charge in [0.05, 0.1) is 12.1 Å². The highest BCUT2D eigenvalue weighted by atomic mass is 32.2. The summed E-state index contributed by atoms with van der Waals surface area (Å²) in [6.45, 7) is 10.3. The van der Waals surface area contributed by atoms with E-state index in [-0.39, 0.29) is 0 Å². The SMILES string of the molecule is COCC(C)(C)NS(=O)(=O)N1CCCC(CNC(C)C)C1. The van der Waals surface area contributed by atoms with Crippen LogP contribution in [0.2, 0.25) is 0 Å². The van der Waals surface area contributed by atoms with Crippen LogP contribution in [0.15, 0.2) is 0 Å². The van der Waals surface area contributed by atoms with Gasteiger partial charge in [-0.05, 0) is 39.2 Å². The molecule has 0 aromatic rings. The molecule has 0 radical (unpaired) electrons. The highest BCUT2D eigenvalue weighted by molar-refractivity contribution is 7.87. The van der Waals surface area contributed by atoms with Gasteiger partial charge in [-0.1, -0.05) is 13.8 Å². The Morgan fingerprint density at radius 3 is 2.62 bits per heavy atom. The van der Waals surface area contributed by atoms with E-state index in [1.54, 1.807) is 11.4 Å². The lowest BCUT2D eigenvalue weighted by Gasteiger charge is -2.35. The molecule has 7 heteroatoms. The van der Waals surface area contributed by atoms with Gasteiger partial charge in [-0.3, -0.25) is 0 Å². The third-order valence-electron chi connectivity index (χ3n) is 3.55. The third-order valence-corrected chi connectivity index (χ3v) is 5.37. The minimum Gasteiger partial charge on any atom is -0.383 e. The molecule has 1 aliphatic rings. The first-order chi connectivity index (χ1) is 9.66. The first kappa shape index (κ1) is 18.8. The molecule has 0 aliphatic carbocycles. The van der Waals surface area contributed by atoms with E-state index in [4.69, 9.17) is 4.74 Å². The van der Waals surface area contributed by atoms with Crippen molar-refractivity contribution in [1.82, 2.24) is 14.3 Å². The van der Waals surface area contributed by atoms with Gasteiger partial charge in [-0.2, -0.15) is 17.4 Å². The van der Waals surface area contributed by atoms with Crippen LogP contribution < -0.4 is 10.0 Å². The normalized spacial score (nSPS) is 21.9. The Balaban J connectivity index is 2.61. The quantitative estimate of drug-likeness (QED) is 0.698. The van der Waals surface area contributed by atoms with Gasteiger partial charge in [0.25, 0.3) is 10.2 Å². The lowest BCUT2D eigenvalue weighted by atomic mass is 9.99. The fourth-order valence-corrected chi connectivity index (χ4v) is 4.28. The molecule has 6 nitrogen and oxygen atoms in total. The monoisotopic (exact) mass is 321 g/mol. The number of nitrogens with one attached hydrogen (secondary N) is 2. The van der Waals surface area contributed by atoms with Crippen LogP contribution in [-0.2, 0) is 14.9 Å². The molecule has 21 heavy (non-hydrogen) atoms. The molecular weight excluding hydrogens is 290 g/mol. The summed E-state index contributed by atoms with van der Waals surface area (Å²) < 4.78 is 34.4. The van der Waals surface area contributed by atoms with E-state index in [1.807, 2.05) is 13.8 Å². The minimum atomic E-state index is -3.46. The maximum absolute atomic E-state index is 12.5. The summed E-state index contributed by atoms with van der Waals surface area (Å²) in [6.07, 6.45) is 1.99. The summed E-state index contributed by atoms with van der Waals surface area (Å²) in [5.41, 5.74) is -0.600. The Kier molecular flexibility index (Phi) is 7.06. The number of methoxy groups -OCH3 is 1. The Labute approximate surface area is 129 Å². The van der Waals surface area contributed by atoms with Crippen molar-refractivity contribution in [2.24, 2.45) is 5.92 Å². The Morgan fingerprint density at radius 1 is 1.38 bits per heavy atom. The van der Waals surface area contributed by atoms with Crippen molar-refractivity contribution in [1.29, 1.82) is 0 Å². The fourth-order valence-electron chi connectivity index (χ4n) is 2.62. The summed E-state index contributed by atoms with van der Waals surface area (Å²) in [4.78, 5) is 0. The van der Waals surface area contributed by atoms with E-state index in [9.17, 15) is 8.42 Å². The molecule has 1 atom stereocenters. The van der Waals surface area contributed by atoms with E-state index in [0.29, 0.717) is 31.7 Å². The van der Waals surface area contributed by atoms with Gasteiger partial charge in [0.15, 0.2) is 0 Å². The highest BCUT2D eigenvalue weighted by Gasteiger charge is 2.33. The topological polar surface area (TPSA) is 70.7 Å². The van der Waals surface area contributed by atoms with Crippen LogP contribution in [0.5, 0.6) is 0 Å². The molecule has 0 saturated carbocycles. The number of hydrogen-bond acceptors (Lipinski definition) is 4. The summed E-state index contributed by atoms with van der Waals surface area (Å²) in [6, 6.07) is 0.427. The summed E-state index contributed by atoms with van der Waals surface area (Å²) in [7, 11) is -1.89. The molecule has 1 fully saturated rings. The summed E-state index contributed by atoms with van der Waals surface area (Å²) in [5, 5.41) is 3.39. The Morgan fingerprint density at radius 2 is 2.05 bits per heavy atom. The third kappa shape index (κ3) is 6.61. The van der Waals surface area contributed by atoms with Gasteiger partial charge in [0, 0.05) is 26.2 Å². The van der Waals surface area contributed by atoms with Crippen LogP contribution in [0.4, 0.5) is 0 Å². The van der Waals surface area contributed by atoms with Crippen LogP contribution in [-0.4, -0.2) is 57.7 Å². The zero-order valence-corrected chi connectivity index (χ0v) is 14.8. The fraction of sp³-hybridized carbons (Fsp3) is 1.00. The van der Waals surface area contributed by atoms with Crippen molar-refractivity contribution in [2.45, 2.75) is 52.1 Å². The molecule has 1 heterocycles. The lowest BCUT2D eigenvalue weighted by Crippen LogP contribution is -2.55. The second-order valence-electron chi connectivity index (χ2n) is 6.85. The van der Waals surface area contributed by atoms with Crippen molar-refractivity contribution < 1.29 is 13.2 Å². The molecule has 0 bridgehead atoms. The molecule has 1 unspecified atom stereocenters. The van der Waals surface area contributed by atoms with Gasteiger partial charge in [0.1, 0.15) is 0 Å². The smallest absolute Gasteiger partial charge is 0.280 e. The number of rotatable bonds is 8. The molecule has 0 spiro atoms. The molecule has 1 rings (SSSR count). The van der Waals surface area contributed by atoms with Crippen molar-refractivity contribution in [3.05, 3.63) is 0 Å². The van der Waals surface area contributed by atoms with E-state index < -0.39 is 15.7 Å². The second-order valence-corrected chi connectivity index (χ2v) is 8.52. The number of piperidine rings is 1. The molecule has 2 N–H and O–H groups in total. The maximum Gasteiger partial charge on any atom is 0.280 e. The first-order valence-corrected chi connectivity index (χ1v) is 9.11. The van der Waals surface area contributed by atoms with Gasteiger partial charge in [-0.25, -0.2) is 0 Å². The predicted octanol–water partition coefficient (Wildman–Crippen LogP) is 0.956. The minimum absolute atomic E-state index is 0.346. The molecule has 0 aromatic carbocycles. The highest BCUT2D eigenvalue weighted by Crippen LogP contribution is 2.19. The predicted molar refractivity (Wildman–Crippen MR) is 85.4 cm³/mol. The lowest BCUT2D eigenvalue weighted by molar-refractivity contribution is 0.139. The molecule has 1 saturated heterocycles. The number of hydrogen-bond donors (Lipinski definition) is 2. The molecule has 0 aromatic heterocycles. The van der Waals surface area contributed by atoms with Gasteiger partial charge in [0.2, 0.25) is 0 Å². The van der Waals surface area contributed by atoms with Gasteiger partial charge >= 0.3 is 0 Å². The standard InChI is InChI=1S/C14H31N3O3S/c1-12(2)15-9-13-7-6-8-17(10-13)21(18,19)16-14(3,4)11-20-5/h12-13,15-16H,6-11H2,1-5H3. The molecule has 1 aliphatic heterocycles. The Bertz CT molecular complexity index is 410. The van der Waals surface area contributed by atoms with E-state index in [2.05, 4.69) is 23.9 Å². The molecular formula is C14H31N3O3S. The Hall–Kier alpha value is -0.210. The van der Waals surface area contributed by atoms with E-state index in [1.165, 1.54) is 0 Å². The number of ether oxygens (including phenoxy) is 1. The van der Waals surface area contributed by atoms with Crippen LogP contribution in [0.3, 0.4) is 0 Å². The van der Waals surface area contributed by atoms with Crippen LogP contribution in [0.1, 0.15) is 40.5 Å². The maximum atomic E-state index is 12.5. The van der Waals surface area contributed by atoms with Crippen molar-refractivity contribution in [2.75, 3.05) is 33.4 Å². The average molecular weight is 321 g/mol. The first-order valence-electron chi connectivity index (χ1n) is 7.67. The largest absolute Gasteiger partial charge is 0.383 e. The van der Waals surface area contributed by atoms with Gasteiger partial charge in [-0.15, -0.1) is 0 Å². The van der Waals surface area contributed by atoms with Crippen molar-refractivity contribution in [3.8, 4) is 0 Å². The summed E-state index contributed by atoms with van der Waals surface area (Å²) in [5.74, 6) is 0.378. The summed E-state index contributed by atoms with van der Waals surface area (Å²) >= 11 is 0. The second kappa shape index (κ2) is 7.87. The van der Waals surface area contributed by atoms with Crippen LogP contribution >= 0.6 is 0 Å². The molecule has 126 valence electrons. The van der Waals surface area contributed by atoms with E-state index >= 15 is 0 Å². The molecule has 0 amide bonds. The zero-order valence-electron chi connectivity index (χ0n) is 14.0. The van der Waals surface area contributed by atoms with Crippen molar-refractivity contribution in [3.63, 3.8) is 0 Å². The van der Waals surface area contributed by atoms with Crippen LogP contribution in [0, 0.1) is 5.92 Å². The van der Waals surface area contributed by atoms with E-state index in [0.717, 1.165) is 19.4 Å². The van der Waals surface area contributed by atoms with Crippen molar-refractivity contribution >= 4 is 10.2 Å². The van der Waals surface area contributed by atoms with Gasteiger partial charge < -0.3 is 10.1 Å². The van der Waals surface area contributed by atoms with Crippen LogP contribution in [0.25, 0.3) is 0 Å². The average Bonchev–Trinajstić information content (AvgIpc) is 2.35. The number of nitrogens with zero attached hydrogens (tertiary/aromatic N) is 1.